The molecule has 0 aromatic heterocycles. The zero-order valence-electron chi connectivity index (χ0n) is 14.7. The van der Waals surface area contributed by atoms with Crippen molar-refractivity contribution in [2.24, 2.45) is 10.2 Å². The highest BCUT2D eigenvalue weighted by Gasteiger charge is 2.58. The maximum atomic E-state index is 13.8. The number of Topliss-reactive ketones (excluding diaryl/α,β-unsaturated/α-hetero) is 1. The number of thioether (sulfide) groups is 1. The third-order valence-electron chi connectivity index (χ3n) is 5.48. The monoisotopic (exact) mass is 370 g/mol. The van der Waals surface area contributed by atoms with E-state index in [4.69, 9.17) is 0 Å². The lowest BCUT2D eigenvalue weighted by atomic mass is 9.71. The van der Waals surface area contributed by atoms with Gasteiger partial charge in [0.2, 0.25) is 0 Å². The Morgan fingerprint density at radius 1 is 0.815 bits per heavy atom. The smallest absolute Gasteiger partial charge is 0.195 e. The molecule has 3 aromatic rings. The molecule has 2 heterocycles. The van der Waals surface area contributed by atoms with Crippen molar-refractivity contribution in [3.63, 3.8) is 0 Å². The number of benzene rings is 3. The predicted molar refractivity (Wildman–Crippen MR) is 107 cm³/mol. The van der Waals surface area contributed by atoms with Crippen molar-refractivity contribution in [1.82, 2.24) is 0 Å². The number of rotatable bonds is 2. The minimum Gasteiger partial charge on any atom is -0.291 e. The lowest BCUT2D eigenvalue weighted by molar-refractivity contribution is 0.0865. The van der Waals surface area contributed by atoms with Gasteiger partial charge in [-0.05, 0) is 17.2 Å². The fourth-order valence-electron chi connectivity index (χ4n) is 4.19. The van der Waals surface area contributed by atoms with E-state index in [9.17, 15) is 4.79 Å². The van der Waals surface area contributed by atoms with E-state index < -0.39 is 5.54 Å². The van der Waals surface area contributed by atoms with Crippen molar-refractivity contribution >= 4 is 17.5 Å². The molecule has 132 valence electrons. The summed E-state index contributed by atoms with van der Waals surface area (Å²) < 4.78 is 0. The van der Waals surface area contributed by atoms with Gasteiger partial charge in [0.15, 0.2) is 11.3 Å². The number of fused-ring (bicyclic) bond motifs is 1. The molecule has 0 N–H and O–H groups in total. The molecular formula is C23H18N2OS. The van der Waals surface area contributed by atoms with Crippen LogP contribution in [0.3, 0.4) is 0 Å². The van der Waals surface area contributed by atoms with Crippen LogP contribution in [0.4, 0.5) is 0 Å². The summed E-state index contributed by atoms with van der Waals surface area (Å²) in [5.41, 5.74) is 2.10. The molecular weight excluding hydrogens is 352 g/mol. The van der Waals surface area contributed by atoms with Crippen molar-refractivity contribution < 1.29 is 4.79 Å². The molecule has 2 aliphatic heterocycles. The van der Waals surface area contributed by atoms with Gasteiger partial charge >= 0.3 is 0 Å². The Kier molecular flexibility index (Phi) is 3.94. The van der Waals surface area contributed by atoms with Gasteiger partial charge in [-0.15, -0.1) is 11.8 Å². The van der Waals surface area contributed by atoms with Crippen LogP contribution in [0.25, 0.3) is 0 Å². The van der Waals surface area contributed by atoms with Gasteiger partial charge in [0.1, 0.15) is 0 Å². The van der Waals surface area contributed by atoms with Crippen LogP contribution >= 0.6 is 11.8 Å². The molecule has 4 heteroatoms. The third-order valence-corrected chi connectivity index (χ3v) is 6.95. The molecule has 1 unspecified atom stereocenters. The van der Waals surface area contributed by atoms with Gasteiger partial charge in [0, 0.05) is 16.4 Å². The summed E-state index contributed by atoms with van der Waals surface area (Å²) in [6.45, 7) is 0.543. The Morgan fingerprint density at radius 2 is 1.44 bits per heavy atom. The molecule has 0 aliphatic carbocycles. The molecule has 0 saturated heterocycles. The molecule has 3 atom stereocenters. The van der Waals surface area contributed by atoms with Crippen LogP contribution in [-0.4, -0.2) is 17.9 Å². The van der Waals surface area contributed by atoms with Gasteiger partial charge < -0.3 is 0 Å². The standard InChI is InChI=1S/C23H18N2OS/c26-21-18-13-7-8-14-20(18)27-22(17-11-5-2-6-12-17)23(21)19(15-24-25-23)16-9-3-1-4-10-16/h1-14,19,22H,15H2/t19-,22?,23-/m1/s1. The highest BCUT2D eigenvalue weighted by atomic mass is 32.2. The van der Waals surface area contributed by atoms with Crippen molar-refractivity contribution in [2.45, 2.75) is 21.6 Å². The second-order valence-corrected chi connectivity index (χ2v) is 8.09. The Bertz CT molecular complexity index is 1020. The molecule has 1 spiro atoms. The highest BCUT2D eigenvalue weighted by Crippen LogP contribution is 2.58. The van der Waals surface area contributed by atoms with Gasteiger partial charge in [-0.2, -0.15) is 10.2 Å². The molecule has 0 radical (unpaired) electrons. The lowest BCUT2D eigenvalue weighted by Crippen LogP contribution is -2.48. The van der Waals surface area contributed by atoms with Crippen LogP contribution in [0.2, 0.25) is 0 Å². The van der Waals surface area contributed by atoms with Gasteiger partial charge in [-0.25, -0.2) is 0 Å². The summed E-state index contributed by atoms with van der Waals surface area (Å²) in [5.74, 6) is 0.0260. The van der Waals surface area contributed by atoms with Crippen LogP contribution in [0.1, 0.15) is 32.7 Å². The van der Waals surface area contributed by atoms with Gasteiger partial charge in [0.05, 0.1) is 11.8 Å². The van der Waals surface area contributed by atoms with Gasteiger partial charge in [-0.3, -0.25) is 4.79 Å². The average molecular weight is 370 g/mol. The zero-order chi connectivity index (χ0) is 18.3. The predicted octanol–water partition coefficient (Wildman–Crippen LogP) is 5.70. The number of carbonyl (C=O) groups excluding carboxylic acids is 1. The normalized spacial score (nSPS) is 26.3. The minimum atomic E-state index is -0.901. The first kappa shape index (κ1) is 16.5. The highest BCUT2D eigenvalue weighted by molar-refractivity contribution is 7.99. The molecule has 0 saturated carbocycles. The van der Waals surface area contributed by atoms with Crippen molar-refractivity contribution in [3.8, 4) is 0 Å². The van der Waals surface area contributed by atoms with Crippen LogP contribution in [0.15, 0.2) is 100 Å². The first-order valence-corrected chi connectivity index (χ1v) is 9.98. The van der Waals surface area contributed by atoms with E-state index in [1.54, 1.807) is 11.8 Å². The van der Waals surface area contributed by atoms with Crippen molar-refractivity contribution in [2.75, 3.05) is 6.54 Å². The summed E-state index contributed by atoms with van der Waals surface area (Å²) in [4.78, 5) is 14.9. The van der Waals surface area contributed by atoms with Crippen LogP contribution in [0, 0.1) is 0 Å². The first-order valence-electron chi connectivity index (χ1n) is 9.10. The average Bonchev–Trinajstić information content (AvgIpc) is 3.18. The first-order chi connectivity index (χ1) is 13.3. The third kappa shape index (κ3) is 2.47. The van der Waals surface area contributed by atoms with Crippen LogP contribution in [0.5, 0.6) is 0 Å². The minimum absolute atomic E-state index is 0.0581. The number of nitrogens with zero attached hydrogens (tertiary/aromatic N) is 2. The van der Waals surface area contributed by atoms with Crippen LogP contribution in [-0.2, 0) is 0 Å². The topological polar surface area (TPSA) is 41.8 Å². The number of carbonyl (C=O) groups is 1. The molecule has 0 amide bonds. The van der Waals surface area contributed by atoms with E-state index in [1.807, 2.05) is 60.7 Å². The number of hydrogen-bond acceptors (Lipinski definition) is 4. The Balaban J connectivity index is 1.73. The van der Waals surface area contributed by atoms with E-state index >= 15 is 0 Å². The Labute approximate surface area is 162 Å². The molecule has 0 fully saturated rings. The molecule has 5 rings (SSSR count). The molecule has 3 nitrogen and oxygen atoms in total. The fourth-order valence-corrected chi connectivity index (χ4v) is 5.68. The van der Waals surface area contributed by atoms with E-state index in [1.165, 1.54) is 0 Å². The molecule has 0 bridgehead atoms. The molecule has 3 aromatic carbocycles. The SMILES string of the molecule is O=C1c2ccccc2SC(c2ccccc2)[C@]12N=NC[C@@H]2c1ccccc1. The van der Waals surface area contributed by atoms with Crippen molar-refractivity contribution in [1.29, 1.82) is 0 Å². The molecule has 27 heavy (non-hydrogen) atoms. The maximum Gasteiger partial charge on any atom is 0.195 e. The second-order valence-electron chi connectivity index (χ2n) is 6.95. The van der Waals surface area contributed by atoms with Crippen LogP contribution < -0.4 is 0 Å². The fraction of sp³-hybridized carbons (Fsp3) is 0.174. The summed E-state index contributed by atoms with van der Waals surface area (Å²) in [6, 6.07) is 28.3. The van der Waals surface area contributed by atoms with Gasteiger partial charge in [-0.1, -0.05) is 78.9 Å². The summed E-state index contributed by atoms with van der Waals surface area (Å²) in [7, 11) is 0. The van der Waals surface area contributed by atoms with Gasteiger partial charge in [0.25, 0.3) is 0 Å². The second kappa shape index (κ2) is 6.46. The summed E-state index contributed by atoms with van der Waals surface area (Å²) in [5, 5.41) is 8.99. The zero-order valence-corrected chi connectivity index (χ0v) is 15.5. The largest absolute Gasteiger partial charge is 0.291 e. The summed E-state index contributed by atoms with van der Waals surface area (Å²) in [6.07, 6.45) is 0. The maximum absolute atomic E-state index is 13.8. The number of azo groups is 1. The van der Waals surface area contributed by atoms with E-state index in [0.29, 0.717) is 6.54 Å². The summed E-state index contributed by atoms with van der Waals surface area (Å²) >= 11 is 1.73. The number of ketones is 1. The van der Waals surface area contributed by atoms with Crippen molar-refractivity contribution in [3.05, 3.63) is 102 Å². The lowest BCUT2D eigenvalue weighted by Gasteiger charge is -2.41. The van der Waals surface area contributed by atoms with E-state index in [2.05, 4.69) is 34.5 Å². The Morgan fingerprint density at radius 3 is 2.19 bits per heavy atom. The quantitative estimate of drug-likeness (QED) is 0.580. The Hall–Kier alpha value is -2.72. The molecule has 2 aliphatic rings. The number of hydrogen-bond donors (Lipinski definition) is 0. The van der Waals surface area contributed by atoms with E-state index in [0.717, 1.165) is 21.6 Å². The van der Waals surface area contributed by atoms with E-state index in [-0.39, 0.29) is 17.0 Å².